The maximum Gasteiger partial charge on any atom is 0.335 e. The van der Waals surface area contributed by atoms with Crippen LogP contribution in [0.2, 0.25) is 0 Å². The number of carbonyl (C=O) groups is 2. The van der Waals surface area contributed by atoms with Gasteiger partial charge in [0, 0.05) is 19.2 Å². The molecule has 1 N–H and O–H groups in total. The standard InChI is InChI=1S/C12H13NO5/c14-10-2-1-9(7-18-10)11(15)13-5-3-8(4-6-13)12(16)17/h1-2,7-8H,3-6H2,(H,16,17). The van der Waals surface area contributed by atoms with Crippen LogP contribution in [0, 0.1) is 5.92 Å². The van der Waals surface area contributed by atoms with Gasteiger partial charge in [0.2, 0.25) is 0 Å². The zero-order valence-electron chi connectivity index (χ0n) is 9.67. The Bertz CT molecular complexity index is 493. The summed E-state index contributed by atoms with van der Waals surface area (Å²) in [5.74, 6) is -1.42. The molecule has 6 nitrogen and oxygen atoms in total. The molecule has 0 aliphatic carbocycles. The summed E-state index contributed by atoms with van der Waals surface area (Å²) < 4.78 is 4.63. The smallest absolute Gasteiger partial charge is 0.335 e. The van der Waals surface area contributed by atoms with E-state index in [4.69, 9.17) is 5.11 Å². The Hall–Kier alpha value is -2.11. The first-order chi connectivity index (χ1) is 8.58. The summed E-state index contributed by atoms with van der Waals surface area (Å²) in [5, 5.41) is 8.86. The molecule has 0 aromatic carbocycles. The van der Waals surface area contributed by atoms with Crippen LogP contribution in [0.1, 0.15) is 23.2 Å². The highest BCUT2D eigenvalue weighted by Crippen LogP contribution is 2.18. The first-order valence-electron chi connectivity index (χ1n) is 5.69. The fourth-order valence-electron chi connectivity index (χ4n) is 1.99. The van der Waals surface area contributed by atoms with Crippen molar-refractivity contribution in [3.05, 3.63) is 34.4 Å². The third kappa shape index (κ3) is 2.58. The van der Waals surface area contributed by atoms with Gasteiger partial charge in [0.1, 0.15) is 6.26 Å². The monoisotopic (exact) mass is 251 g/mol. The van der Waals surface area contributed by atoms with Gasteiger partial charge in [-0.25, -0.2) is 4.79 Å². The van der Waals surface area contributed by atoms with E-state index in [1.807, 2.05) is 0 Å². The molecule has 0 unspecified atom stereocenters. The van der Waals surface area contributed by atoms with Crippen LogP contribution >= 0.6 is 0 Å². The average Bonchev–Trinajstić information content (AvgIpc) is 2.39. The molecule has 1 aliphatic heterocycles. The SMILES string of the molecule is O=C(O)C1CCN(C(=O)c2ccc(=O)oc2)CC1. The Balaban J connectivity index is 2.01. The van der Waals surface area contributed by atoms with E-state index in [1.165, 1.54) is 12.1 Å². The molecule has 0 spiro atoms. The minimum Gasteiger partial charge on any atom is -0.481 e. The number of carboxylic acids is 1. The predicted octanol–water partition coefficient (Wildman–Crippen LogP) is 0.577. The van der Waals surface area contributed by atoms with Crippen molar-refractivity contribution in [3.8, 4) is 0 Å². The highest BCUT2D eigenvalue weighted by atomic mass is 16.4. The van der Waals surface area contributed by atoms with Crippen molar-refractivity contribution in [3.63, 3.8) is 0 Å². The second kappa shape index (κ2) is 5.03. The van der Waals surface area contributed by atoms with Gasteiger partial charge in [-0.05, 0) is 18.9 Å². The summed E-state index contributed by atoms with van der Waals surface area (Å²) in [4.78, 5) is 35.1. The first-order valence-corrected chi connectivity index (χ1v) is 5.69. The highest BCUT2D eigenvalue weighted by Gasteiger charge is 2.27. The van der Waals surface area contributed by atoms with E-state index in [0.717, 1.165) is 6.26 Å². The fourth-order valence-corrected chi connectivity index (χ4v) is 1.99. The first kappa shape index (κ1) is 12.3. The minimum atomic E-state index is -0.812. The predicted molar refractivity (Wildman–Crippen MR) is 61.2 cm³/mol. The van der Waals surface area contributed by atoms with Gasteiger partial charge in [-0.1, -0.05) is 0 Å². The lowest BCUT2D eigenvalue weighted by Crippen LogP contribution is -2.40. The molecule has 0 radical (unpaired) electrons. The summed E-state index contributed by atoms with van der Waals surface area (Å²) in [6.45, 7) is 0.823. The number of amides is 1. The Morgan fingerprint density at radius 1 is 1.28 bits per heavy atom. The van der Waals surface area contributed by atoms with E-state index >= 15 is 0 Å². The Kier molecular flexibility index (Phi) is 3.45. The van der Waals surface area contributed by atoms with Gasteiger partial charge in [0.05, 0.1) is 11.5 Å². The molecule has 2 rings (SSSR count). The van der Waals surface area contributed by atoms with Crippen LogP contribution in [-0.2, 0) is 4.79 Å². The second-order valence-electron chi connectivity index (χ2n) is 4.25. The number of hydrogen-bond acceptors (Lipinski definition) is 4. The molecule has 96 valence electrons. The van der Waals surface area contributed by atoms with Crippen molar-refractivity contribution in [2.75, 3.05) is 13.1 Å². The number of rotatable bonds is 2. The van der Waals surface area contributed by atoms with Crippen molar-refractivity contribution in [1.82, 2.24) is 4.90 Å². The fraction of sp³-hybridized carbons (Fsp3) is 0.417. The van der Waals surface area contributed by atoms with Crippen LogP contribution < -0.4 is 5.63 Å². The Morgan fingerprint density at radius 3 is 2.44 bits per heavy atom. The molecule has 1 aromatic heterocycles. The van der Waals surface area contributed by atoms with Crippen molar-refractivity contribution < 1.29 is 19.1 Å². The quantitative estimate of drug-likeness (QED) is 0.830. The maximum atomic E-state index is 12.0. The molecular weight excluding hydrogens is 238 g/mol. The van der Waals surface area contributed by atoms with E-state index < -0.39 is 11.6 Å². The number of aliphatic carboxylic acids is 1. The molecule has 18 heavy (non-hydrogen) atoms. The normalized spacial score (nSPS) is 16.6. The maximum absolute atomic E-state index is 12.0. The molecule has 2 heterocycles. The summed E-state index contributed by atoms with van der Waals surface area (Å²) in [6.07, 6.45) is 2.05. The van der Waals surface area contributed by atoms with E-state index in [2.05, 4.69) is 4.42 Å². The molecule has 1 aromatic rings. The lowest BCUT2D eigenvalue weighted by molar-refractivity contribution is -0.143. The number of carboxylic acid groups (broad SMARTS) is 1. The van der Waals surface area contributed by atoms with E-state index in [1.54, 1.807) is 4.90 Å². The molecule has 1 amide bonds. The topological polar surface area (TPSA) is 87.8 Å². The molecular formula is C12H13NO5. The van der Waals surface area contributed by atoms with Crippen LogP contribution in [-0.4, -0.2) is 35.0 Å². The van der Waals surface area contributed by atoms with E-state index in [9.17, 15) is 14.4 Å². The van der Waals surface area contributed by atoms with E-state index in [-0.39, 0.29) is 11.8 Å². The summed E-state index contributed by atoms with van der Waals surface area (Å²) in [7, 11) is 0. The van der Waals surface area contributed by atoms with Crippen LogP contribution in [0.15, 0.2) is 27.6 Å². The third-order valence-electron chi connectivity index (χ3n) is 3.08. The second-order valence-corrected chi connectivity index (χ2v) is 4.25. The minimum absolute atomic E-state index is 0.234. The lowest BCUT2D eigenvalue weighted by Gasteiger charge is -2.29. The number of nitrogens with zero attached hydrogens (tertiary/aromatic N) is 1. The van der Waals surface area contributed by atoms with Crippen molar-refractivity contribution in [2.24, 2.45) is 5.92 Å². The molecule has 1 saturated heterocycles. The molecule has 1 aliphatic rings. The summed E-state index contributed by atoms with van der Waals surface area (Å²) in [6, 6.07) is 2.61. The molecule has 0 saturated carbocycles. The average molecular weight is 251 g/mol. The van der Waals surface area contributed by atoms with Crippen molar-refractivity contribution in [1.29, 1.82) is 0 Å². The van der Waals surface area contributed by atoms with E-state index in [0.29, 0.717) is 31.5 Å². The van der Waals surface area contributed by atoms with Gasteiger partial charge in [-0.2, -0.15) is 0 Å². The van der Waals surface area contributed by atoms with Gasteiger partial charge in [-0.3, -0.25) is 9.59 Å². The van der Waals surface area contributed by atoms with Gasteiger partial charge >= 0.3 is 11.6 Å². The van der Waals surface area contributed by atoms with Crippen LogP contribution in [0.3, 0.4) is 0 Å². The molecule has 0 atom stereocenters. The number of likely N-dealkylation sites (tertiary alicyclic amines) is 1. The Morgan fingerprint density at radius 2 is 1.94 bits per heavy atom. The van der Waals surface area contributed by atoms with Crippen molar-refractivity contribution in [2.45, 2.75) is 12.8 Å². The van der Waals surface area contributed by atoms with Gasteiger partial charge in [0.25, 0.3) is 5.91 Å². The van der Waals surface area contributed by atoms with Gasteiger partial charge in [0.15, 0.2) is 0 Å². The number of piperidine rings is 1. The Labute approximate surface area is 103 Å². The zero-order chi connectivity index (χ0) is 13.1. The van der Waals surface area contributed by atoms with Gasteiger partial charge in [-0.15, -0.1) is 0 Å². The summed E-state index contributed by atoms with van der Waals surface area (Å²) in [5.41, 5.74) is -0.195. The lowest BCUT2D eigenvalue weighted by atomic mass is 9.97. The molecule has 0 bridgehead atoms. The largest absolute Gasteiger partial charge is 0.481 e. The van der Waals surface area contributed by atoms with Crippen LogP contribution in [0.4, 0.5) is 0 Å². The number of carbonyl (C=O) groups excluding carboxylic acids is 1. The molecule has 1 fully saturated rings. The van der Waals surface area contributed by atoms with Crippen LogP contribution in [0.25, 0.3) is 0 Å². The zero-order valence-corrected chi connectivity index (χ0v) is 9.67. The van der Waals surface area contributed by atoms with Gasteiger partial charge < -0.3 is 14.4 Å². The van der Waals surface area contributed by atoms with Crippen molar-refractivity contribution >= 4 is 11.9 Å². The third-order valence-corrected chi connectivity index (χ3v) is 3.08. The highest BCUT2D eigenvalue weighted by molar-refractivity contribution is 5.93. The van der Waals surface area contributed by atoms with Crippen LogP contribution in [0.5, 0.6) is 0 Å². The number of hydrogen-bond donors (Lipinski definition) is 1. The molecule has 6 heteroatoms. The summed E-state index contributed by atoms with van der Waals surface area (Å²) >= 11 is 0.